The number of halogens is 1. The summed E-state index contributed by atoms with van der Waals surface area (Å²) >= 11 is 6.09. The third-order valence-corrected chi connectivity index (χ3v) is 3.09. The van der Waals surface area contributed by atoms with Gasteiger partial charge in [-0.15, -0.1) is 0 Å². The van der Waals surface area contributed by atoms with Crippen molar-refractivity contribution in [3.8, 4) is 11.3 Å². The van der Waals surface area contributed by atoms with E-state index in [4.69, 9.17) is 20.4 Å². The van der Waals surface area contributed by atoms with Gasteiger partial charge in [0, 0.05) is 5.56 Å². The lowest BCUT2D eigenvalue weighted by atomic mass is 10.1. The van der Waals surface area contributed by atoms with E-state index in [0.717, 1.165) is 5.56 Å². The molecule has 3 aromatic rings. The Morgan fingerprint density at radius 2 is 1.85 bits per heavy atom. The van der Waals surface area contributed by atoms with Crippen molar-refractivity contribution in [2.24, 2.45) is 0 Å². The van der Waals surface area contributed by atoms with Crippen LogP contribution in [-0.2, 0) is 0 Å². The van der Waals surface area contributed by atoms with Crippen molar-refractivity contribution in [3.63, 3.8) is 0 Å². The van der Waals surface area contributed by atoms with Gasteiger partial charge < -0.3 is 14.2 Å². The fraction of sp³-hybridized carbons (Fsp3) is 0. The number of furan rings is 2. The Hall–Kier alpha value is -2.46. The van der Waals surface area contributed by atoms with Crippen LogP contribution in [0.3, 0.4) is 0 Å². The molecule has 5 heteroatoms. The maximum Gasteiger partial charge on any atom is 0.291 e. The van der Waals surface area contributed by atoms with Crippen LogP contribution < -0.4 is 5.32 Å². The summed E-state index contributed by atoms with van der Waals surface area (Å²) in [4.78, 5) is 11.9. The fourth-order valence-corrected chi connectivity index (χ4v) is 1.97. The number of hydrogen-bond acceptors (Lipinski definition) is 3. The standard InChI is InChI=1S/C15H10ClNO3/c16-11-6-5-10(13-3-1-7-19-13)9-12(11)17-15(18)14-4-2-8-20-14/h1-9H,(H,17,18). The van der Waals surface area contributed by atoms with Crippen molar-refractivity contribution >= 4 is 23.2 Å². The first-order valence-electron chi connectivity index (χ1n) is 5.92. The van der Waals surface area contributed by atoms with E-state index < -0.39 is 0 Å². The van der Waals surface area contributed by atoms with Crippen molar-refractivity contribution < 1.29 is 13.6 Å². The molecule has 20 heavy (non-hydrogen) atoms. The van der Waals surface area contributed by atoms with Gasteiger partial charge in [-0.1, -0.05) is 11.6 Å². The van der Waals surface area contributed by atoms with Crippen LogP contribution in [0.2, 0.25) is 5.02 Å². The second-order valence-electron chi connectivity index (χ2n) is 4.10. The summed E-state index contributed by atoms with van der Waals surface area (Å²) in [7, 11) is 0. The highest BCUT2D eigenvalue weighted by Crippen LogP contribution is 2.29. The largest absolute Gasteiger partial charge is 0.464 e. The van der Waals surface area contributed by atoms with Crippen LogP contribution in [0.5, 0.6) is 0 Å². The summed E-state index contributed by atoms with van der Waals surface area (Å²) in [5.74, 6) is 0.577. The Balaban J connectivity index is 1.89. The highest BCUT2D eigenvalue weighted by Gasteiger charge is 2.12. The number of carbonyl (C=O) groups excluding carboxylic acids is 1. The van der Waals surface area contributed by atoms with Crippen molar-refractivity contribution in [1.29, 1.82) is 0 Å². The topological polar surface area (TPSA) is 55.4 Å². The minimum Gasteiger partial charge on any atom is -0.464 e. The van der Waals surface area contributed by atoms with Gasteiger partial charge in [0.25, 0.3) is 5.91 Å². The van der Waals surface area contributed by atoms with Crippen LogP contribution in [0.4, 0.5) is 5.69 Å². The monoisotopic (exact) mass is 287 g/mol. The number of benzene rings is 1. The summed E-state index contributed by atoms with van der Waals surface area (Å²) in [6.07, 6.45) is 3.03. The van der Waals surface area contributed by atoms with Gasteiger partial charge in [0.1, 0.15) is 5.76 Å². The normalized spacial score (nSPS) is 10.4. The third kappa shape index (κ3) is 2.46. The van der Waals surface area contributed by atoms with Gasteiger partial charge in [0.05, 0.1) is 23.2 Å². The number of hydrogen-bond donors (Lipinski definition) is 1. The first-order chi connectivity index (χ1) is 9.74. The first-order valence-corrected chi connectivity index (χ1v) is 6.30. The Morgan fingerprint density at radius 1 is 1.05 bits per heavy atom. The lowest BCUT2D eigenvalue weighted by molar-refractivity contribution is 0.0996. The van der Waals surface area contributed by atoms with Crippen molar-refractivity contribution in [1.82, 2.24) is 0 Å². The lowest BCUT2D eigenvalue weighted by Crippen LogP contribution is -2.11. The minimum atomic E-state index is -0.353. The fourth-order valence-electron chi connectivity index (χ4n) is 1.81. The van der Waals surface area contributed by atoms with E-state index in [1.54, 1.807) is 36.6 Å². The number of nitrogens with one attached hydrogen (secondary N) is 1. The molecule has 4 nitrogen and oxygen atoms in total. The second-order valence-corrected chi connectivity index (χ2v) is 4.51. The van der Waals surface area contributed by atoms with Crippen molar-refractivity contribution in [2.75, 3.05) is 5.32 Å². The predicted molar refractivity (Wildman–Crippen MR) is 75.8 cm³/mol. The molecule has 0 aliphatic rings. The van der Waals surface area contributed by atoms with Crippen LogP contribution in [0, 0.1) is 0 Å². The lowest BCUT2D eigenvalue weighted by Gasteiger charge is -2.07. The smallest absolute Gasteiger partial charge is 0.291 e. The number of carbonyl (C=O) groups is 1. The Labute approximate surface area is 120 Å². The molecule has 0 unspecified atom stereocenters. The Morgan fingerprint density at radius 3 is 2.55 bits per heavy atom. The molecule has 0 fully saturated rings. The Kier molecular flexibility index (Phi) is 3.31. The zero-order valence-corrected chi connectivity index (χ0v) is 11.1. The number of amides is 1. The first kappa shape index (κ1) is 12.6. The quantitative estimate of drug-likeness (QED) is 0.774. The van der Waals surface area contributed by atoms with Gasteiger partial charge in [0.2, 0.25) is 0 Å². The van der Waals surface area contributed by atoms with Gasteiger partial charge in [0.15, 0.2) is 5.76 Å². The SMILES string of the molecule is O=C(Nc1cc(-c2ccco2)ccc1Cl)c1ccco1. The average Bonchev–Trinajstić information content (AvgIpc) is 3.14. The van der Waals surface area contributed by atoms with E-state index in [2.05, 4.69) is 5.32 Å². The Bertz CT molecular complexity index is 718. The molecule has 2 aromatic heterocycles. The molecule has 1 N–H and O–H groups in total. The van der Waals surface area contributed by atoms with Gasteiger partial charge in [-0.3, -0.25) is 4.79 Å². The minimum absolute atomic E-state index is 0.226. The van der Waals surface area contributed by atoms with Crippen LogP contribution in [0.1, 0.15) is 10.6 Å². The maximum atomic E-state index is 11.9. The zero-order valence-electron chi connectivity index (χ0n) is 10.3. The molecule has 0 aliphatic carbocycles. The summed E-state index contributed by atoms with van der Waals surface area (Å²) in [6.45, 7) is 0. The van der Waals surface area contributed by atoms with E-state index in [9.17, 15) is 4.79 Å². The molecule has 0 bridgehead atoms. The molecule has 0 aliphatic heterocycles. The summed E-state index contributed by atoms with van der Waals surface area (Å²) < 4.78 is 10.4. The van der Waals surface area contributed by atoms with Crippen molar-refractivity contribution in [2.45, 2.75) is 0 Å². The summed E-state index contributed by atoms with van der Waals surface area (Å²) in [6, 6.07) is 12.1. The van der Waals surface area contributed by atoms with Crippen LogP contribution in [-0.4, -0.2) is 5.91 Å². The summed E-state index contributed by atoms with van der Waals surface area (Å²) in [5, 5.41) is 3.15. The van der Waals surface area contributed by atoms with E-state index in [1.165, 1.54) is 6.26 Å². The molecule has 2 heterocycles. The average molecular weight is 288 g/mol. The van der Waals surface area contributed by atoms with Crippen LogP contribution in [0.15, 0.2) is 63.8 Å². The van der Waals surface area contributed by atoms with Gasteiger partial charge in [-0.2, -0.15) is 0 Å². The molecule has 3 rings (SSSR count). The molecule has 0 spiro atoms. The number of rotatable bonds is 3. The van der Waals surface area contributed by atoms with E-state index in [1.807, 2.05) is 12.1 Å². The predicted octanol–water partition coefficient (Wildman–Crippen LogP) is 4.45. The second kappa shape index (κ2) is 5.27. The van der Waals surface area contributed by atoms with Crippen molar-refractivity contribution in [3.05, 3.63) is 65.8 Å². The molecular formula is C15H10ClNO3. The number of anilines is 1. The highest BCUT2D eigenvalue weighted by atomic mass is 35.5. The molecular weight excluding hydrogens is 278 g/mol. The van der Waals surface area contributed by atoms with E-state index in [-0.39, 0.29) is 11.7 Å². The molecule has 1 aromatic carbocycles. The summed E-state index contributed by atoms with van der Waals surface area (Å²) in [5.41, 5.74) is 1.33. The van der Waals surface area contributed by atoms with Gasteiger partial charge in [-0.05, 0) is 42.5 Å². The third-order valence-electron chi connectivity index (χ3n) is 2.77. The zero-order chi connectivity index (χ0) is 13.9. The van der Waals surface area contributed by atoms with Crippen LogP contribution in [0.25, 0.3) is 11.3 Å². The molecule has 0 saturated carbocycles. The van der Waals surface area contributed by atoms with Gasteiger partial charge >= 0.3 is 0 Å². The molecule has 0 saturated heterocycles. The van der Waals surface area contributed by atoms with E-state index in [0.29, 0.717) is 16.5 Å². The molecule has 0 atom stereocenters. The van der Waals surface area contributed by atoms with E-state index >= 15 is 0 Å². The highest BCUT2D eigenvalue weighted by molar-refractivity contribution is 6.34. The van der Waals surface area contributed by atoms with Crippen LogP contribution >= 0.6 is 11.6 Å². The molecule has 100 valence electrons. The van der Waals surface area contributed by atoms with Gasteiger partial charge in [-0.25, -0.2) is 0 Å². The maximum absolute atomic E-state index is 11.9. The molecule has 1 amide bonds. The molecule has 0 radical (unpaired) electrons.